The third-order valence-electron chi connectivity index (χ3n) is 4.03. The van der Waals surface area contributed by atoms with E-state index in [-0.39, 0.29) is 0 Å². The van der Waals surface area contributed by atoms with Crippen molar-refractivity contribution in [3.8, 4) is 0 Å². The lowest BCUT2D eigenvalue weighted by Gasteiger charge is -2.27. The fraction of sp³-hybridized carbons (Fsp3) is 0.438. The topological polar surface area (TPSA) is 25.4 Å². The van der Waals surface area contributed by atoms with Crippen LogP contribution in [0.1, 0.15) is 16.9 Å². The Morgan fingerprint density at radius 1 is 1.35 bits per heavy atom. The lowest BCUT2D eigenvalue weighted by Crippen LogP contribution is -2.37. The van der Waals surface area contributed by atoms with E-state index in [4.69, 9.17) is 4.74 Å². The summed E-state index contributed by atoms with van der Waals surface area (Å²) < 4.78 is 5.69. The van der Waals surface area contributed by atoms with Gasteiger partial charge in [0.2, 0.25) is 0 Å². The predicted molar refractivity (Wildman–Crippen MR) is 81.9 cm³/mol. The molecular weight excluding hydrogens is 268 g/mol. The van der Waals surface area contributed by atoms with E-state index in [1.165, 1.54) is 10.4 Å². The highest BCUT2D eigenvalue weighted by atomic mass is 32.1. The Morgan fingerprint density at radius 2 is 2.20 bits per heavy atom. The van der Waals surface area contributed by atoms with Crippen molar-refractivity contribution in [1.82, 2.24) is 9.88 Å². The first-order chi connectivity index (χ1) is 9.86. The molecule has 1 fully saturated rings. The smallest absolute Gasteiger partial charge is 0.0742 e. The molecule has 0 N–H and O–H groups in total. The van der Waals surface area contributed by atoms with Gasteiger partial charge in [0.15, 0.2) is 0 Å². The monoisotopic (exact) mass is 288 g/mol. The summed E-state index contributed by atoms with van der Waals surface area (Å²) in [5, 5.41) is 2.15. The first-order valence-corrected chi connectivity index (χ1v) is 7.93. The molecule has 3 rings (SSSR count). The molecule has 1 aliphatic rings. The molecule has 1 aliphatic heterocycles. The Bertz CT molecular complexity index is 515. The van der Waals surface area contributed by atoms with Crippen LogP contribution in [0.2, 0.25) is 0 Å². The standard InChI is InChI=1S/C16H20N2OS/c1-19-16-6-9-18(12-14-3-2-10-20-14)15(16)11-13-4-7-17-8-5-13/h2-5,7-8,10,15-16H,6,9,11-12H2,1H3/t15-,16-/m0/s1. The molecular formula is C16H20N2OS. The average Bonchev–Trinajstić information content (AvgIpc) is 3.11. The number of rotatable bonds is 5. The summed E-state index contributed by atoms with van der Waals surface area (Å²) in [6, 6.07) is 9.02. The van der Waals surface area contributed by atoms with Crippen LogP contribution in [0.4, 0.5) is 0 Å². The van der Waals surface area contributed by atoms with E-state index >= 15 is 0 Å². The number of hydrogen-bond acceptors (Lipinski definition) is 4. The molecule has 0 bridgehead atoms. The van der Waals surface area contributed by atoms with Gasteiger partial charge in [-0.05, 0) is 42.0 Å². The van der Waals surface area contributed by atoms with E-state index in [0.29, 0.717) is 12.1 Å². The van der Waals surface area contributed by atoms with E-state index in [0.717, 1.165) is 25.9 Å². The molecule has 3 nitrogen and oxygen atoms in total. The summed E-state index contributed by atoms with van der Waals surface area (Å²) in [7, 11) is 1.83. The number of likely N-dealkylation sites (tertiary alicyclic amines) is 1. The second kappa shape index (κ2) is 6.48. The molecule has 0 unspecified atom stereocenters. The zero-order chi connectivity index (χ0) is 13.8. The number of hydrogen-bond donors (Lipinski definition) is 0. The molecule has 1 saturated heterocycles. The fourth-order valence-corrected chi connectivity index (χ4v) is 3.71. The van der Waals surface area contributed by atoms with Gasteiger partial charge >= 0.3 is 0 Å². The number of ether oxygens (including phenoxy) is 1. The van der Waals surface area contributed by atoms with Crippen LogP contribution in [0, 0.1) is 0 Å². The average molecular weight is 288 g/mol. The van der Waals surface area contributed by atoms with Gasteiger partial charge in [-0.15, -0.1) is 11.3 Å². The maximum absolute atomic E-state index is 5.69. The second-order valence-electron chi connectivity index (χ2n) is 5.24. The van der Waals surface area contributed by atoms with Crippen LogP contribution in [0.15, 0.2) is 42.0 Å². The number of aromatic nitrogens is 1. The zero-order valence-electron chi connectivity index (χ0n) is 11.7. The predicted octanol–water partition coefficient (Wildman–Crippen LogP) is 2.98. The first kappa shape index (κ1) is 13.7. The summed E-state index contributed by atoms with van der Waals surface area (Å²) in [4.78, 5) is 8.08. The summed E-state index contributed by atoms with van der Waals surface area (Å²) in [6.07, 6.45) is 6.23. The summed E-state index contributed by atoms with van der Waals surface area (Å²) in [5.41, 5.74) is 1.34. The quantitative estimate of drug-likeness (QED) is 0.846. The van der Waals surface area contributed by atoms with E-state index in [9.17, 15) is 0 Å². The Labute approximate surface area is 124 Å². The van der Waals surface area contributed by atoms with Crippen molar-refractivity contribution in [3.05, 3.63) is 52.5 Å². The molecule has 0 radical (unpaired) electrons. The SMILES string of the molecule is CO[C@H]1CCN(Cc2cccs2)[C@H]1Cc1ccncc1. The molecule has 4 heteroatoms. The highest BCUT2D eigenvalue weighted by molar-refractivity contribution is 7.09. The Balaban J connectivity index is 1.72. The van der Waals surface area contributed by atoms with Crippen molar-refractivity contribution in [2.45, 2.75) is 31.5 Å². The minimum atomic E-state index is 0.336. The van der Waals surface area contributed by atoms with Crippen LogP contribution in [0.3, 0.4) is 0 Å². The van der Waals surface area contributed by atoms with Gasteiger partial charge in [-0.3, -0.25) is 9.88 Å². The molecule has 0 amide bonds. The zero-order valence-corrected chi connectivity index (χ0v) is 12.6. The van der Waals surface area contributed by atoms with E-state index < -0.39 is 0 Å². The minimum absolute atomic E-state index is 0.336. The molecule has 0 aromatic carbocycles. The van der Waals surface area contributed by atoms with E-state index in [2.05, 4.69) is 39.5 Å². The highest BCUT2D eigenvalue weighted by Crippen LogP contribution is 2.26. The van der Waals surface area contributed by atoms with Crippen LogP contribution < -0.4 is 0 Å². The van der Waals surface area contributed by atoms with Crippen LogP contribution in [0.5, 0.6) is 0 Å². The summed E-state index contributed by atoms with van der Waals surface area (Å²) >= 11 is 1.83. The number of thiophene rings is 1. The van der Waals surface area contributed by atoms with Crippen LogP contribution in [-0.4, -0.2) is 35.7 Å². The highest BCUT2D eigenvalue weighted by Gasteiger charge is 2.34. The van der Waals surface area contributed by atoms with Gasteiger partial charge in [-0.1, -0.05) is 6.07 Å². The molecule has 106 valence electrons. The van der Waals surface area contributed by atoms with Gasteiger partial charge in [0.25, 0.3) is 0 Å². The normalized spacial score (nSPS) is 23.2. The van der Waals surface area contributed by atoms with Gasteiger partial charge in [0.1, 0.15) is 0 Å². The molecule has 2 aromatic rings. The Hall–Kier alpha value is -1.23. The van der Waals surface area contributed by atoms with Crippen molar-refractivity contribution in [3.63, 3.8) is 0 Å². The molecule has 0 aliphatic carbocycles. The summed E-state index contributed by atoms with van der Waals surface area (Å²) in [5.74, 6) is 0. The molecule has 2 atom stereocenters. The van der Waals surface area contributed by atoms with Crippen LogP contribution in [0.25, 0.3) is 0 Å². The maximum atomic E-state index is 5.69. The van der Waals surface area contributed by atoms with Crippen molar-refractivity contribution in [1.29, 1.82) is 0 Å². The molecule has 2 aromatic heterocycles. The number of pyridine rings is 1. The summed E-state index contributed by atoms with van der Waals surface area (Å²) in [6.45, 7) is 2.15. The third-order valence-corrected chi connectivity index (χ3v) is 4.90. The van der Waals surface area contributed by atoms with E-state index in [1.807, 2.05) is 30.8 Å². The number of nitrogens with zero attached hydrogens (tertiary/aromatic N) is 2. The Morgan fingerprint density at radius 3 is 2.90 bits per heavy atom. The fourth-order valence-electron chi connectivity index (χ4n) is 2.98. The molecule has 3 heterocycles. The van der Waals surface area contributed by atoms with Crippen molar-refractivity contribution >= 4 is 11.3 Å². The third kappa shape index (κ3) is 3.08. The maximum Gasteiger partial charge on any atom is 0.0742 e. The lowest BCUT2D eigenvalue weighted by molar-refractivity contribution is 0.0641. The van der Waals surface area contributed by atoms with Crippen molar-refractivity contribution in [2.75, 3.05) is 13.7 Å². The van der Waals surface area contributed by atoms with Gasteiger partial charge in [-0.25, -0.2) is 0 Å². The Kier molecular flexibility index (Phi) is 4.45. The second-order valence-corrected chi connectivity index (χ2v) is 6.27. The largest absolute Gasteiger partial charge is 0.380 e. The van der Waals surface area contributed by atoms with Crippen molar-refractivity contribution < 1.29 is 4.74 Å². The van der Waals surface area contributed by atoms with Crippen molar-refractivity contribution in [2.24, 2.45) is 0 Å². The van der Waals surface area contributed by atoms with Gasteiger partial charge < -0.3 is 4.74 Å². The van der Waals surface area contributed by atoms with E-state index in [1.54, 1.807) is 0 Å². The molecule has 0 spiro atoms. The van der Waals surface area contributed by atoms with Crippen LogP contribution in [-0.2, 0) is 17.7 Å². The van der Waals surface area contributed by atoms with Gasteiger partial charge in [0.05, 0.1) is 6.10 Å². The first-order valence-electron chi connectivity index (χ1n) is 7.05. The van der Waals surface area contributed by atoms with Gasteiger partial charge in [0, 0.05) is 43.5 Å². The molecule has 0 saturated carbocycles. The minimum Gasteiger partial charge on any atom is -0.380 e. The van der Waals surface area contributed by atoms with Crippen LogP contribution >= 0.6 is 11.3 Å². The number of methoxy groups -OCH3 is 1. The lowest BCUT2D eigenvalue weighted by atomic mass is 10.0. The molecule has 20 heavy (non-hydrogen) atoms. The van der Waals surface area contributed by atoms with Gasteiger partial charge in [-0.2, -0.15) is 0 Å².